The normalized spacial score (nSPS) is 17.0. The van der Waals surface area contributed by atoms with Gasteiger partial charge in [0.15, 0.2) is 0 Å². The molecule has 1 saturated carbocycles. The average Bonchev–Trinajstić information content (AvgIpc) is 3.11. The van der Waals surface area contributed by atoms with Crippen LogP contribution in [0.3, 0.4) is 0 Å². The molecule has 16 heavy (non-hydrogen) atoms. The number of aliphatic hydroxyl groups excluding tert-OH is 1. The van der Waals surface area contributed by atoms with E-state index >= 15 is 0 Å². The van der Waals surface area contributed by atoms with Gasteiger partial charge in [0.05, 0.1) is 20.3 Å². The summed E-state index contributed by atoms with van der Waals surface area (Å²) in [5.74, 6) is 1.42. The number of aliphatic hydroxyl groups is 1. The Balaban J connectivity index is 2.40. The average molecular weight is 243 g/mol. The number of rotatable bonds is 4. The van der Waals surface area contributed by atoms with Crippen LogP contribution in [-0.2, 0) is 0 Å². The van der Waals surface area contributed by atoms with Crippen molar-refractivity contribution in [2.45, 2.75) is 18.9 Å². The number of ether oxygens (including phenoxy) is 2. The SMILES string of the molecule is COc1ccc(C(O)C2CC2)c(OC)c1Cl. The summed E-state index contributed by atoms with van der Waals surface area (Å²) < 4.78 is 10.4. The summed E-state index contributed by atoms with van der Waals surface area (Å²) in [6.45, 7) is 0. The maximum atomic E-state index is 10.1. The molecule has 0 aromatic heterocycles. The Hall–Kier alpha value is -0.930. The van der Waals surface area contributed by atoms with Crippen LogP contribution in [0.2, 0.25) is 5.02 Å². The molecule has 88 valence electrons. The molecule has 1 N–H and O–H groups in total. The van der Waals surface area contributed by atoms with Crippen molar-refractivity contribution in [1.29, 1.82) is 0 Å². The largest absolute Gasteiger partial charge is 0.495 e. The van der Waals surface area contributed by atoms with E-state index in [1.807, 2.05) is 6.07 Å². The molecule has 3 nitrogen and oxygen atoms in total. The first-order valence-electron chi connectivity index (χ1n) is 5.27. The van der Waals surface area contributed by atoms with E-state index in [4.69, 9.17) is 21.1 Å². The molecule has 0 saturated heterocycles. The van der Waals surface area contributed by atoms with Crippen molar-refractivity contribution in [2.75, 3.05) is 14.2 Å². The monoisotopic (exact) mass is 242 g/mol. The zero-order chi connectivity index (χ0) is 11.7. The standard InChI is InChI=1S/C12H15ClO3/c1-15-9-6-5-8(11(14)7-3-4-7)12(16-2)10(9)13/h5-7,11,14H,3-4H2,1-2H3. The van der Waals surface area contributed by atoms with E-state index in [1.54, 1.807) is 20.3 Å². The van der Waals surface area contributed by atoms with Gasteiger partial charge in [0.2, 0.25) is 0 Å². The molecule has 0 amide bonds. The molecule has 0 aliphatic heterocycles. The summed E-state index contributed by atoms with van der Waals surface area (Å²) in [6.07, 6.45) is 1.64. The number of halogens is 1. The summed E-state index contributed by atoms with van der Waals surface area (Å²) in [7, 11) is 3.10. The molecule has 1 atom stereocenters. The molecule has 4 heteroatoms. The van der Waals surface area contributed by atoms with Crippen LogP contribution < -0.4 is 9.47 Å². The van der Waals surface area contributed by atoms with Crippen LogP contribution in [0.15, 0.2) is 12.1 Å². The van der Waals surface area contributed by atoms with Gasteiger partial charge in [-0.1, -0.05) is 11.6 Å². The van der Waals surface area contributed by atoms with Gasteiger partial charge in [-0.15, -0.1) is 0 Å². The molecular formula is C12H15ClO3. The van der Waals surface area contributed by atoms with E-state index in [2.05, 4.69) is 0 Å². The van der Waals surface area contributed by atoms with Gasteiger partial charge in [0.25, 0.3) is 0 Å². The fourth-order valence-electron chi connectivity index (χ4n) is 1.82. The lowest BCUT2D eigenvalue weighted by molar-refractivity contribution is 0.150. The fourth-order valence-corrected chi connectivity index (χ4v) is 2.14. The minimum Gasteiger partial charge on any atom is -0.495 e. The Morgan fingerprint density at radius 3 is 2.50 bits per heavy atom. The molecule has 1 aromatic carbocycles. The second-order valence-electron chi connectivity index (χ2n) is 3.99. The lowest BCUT2D eigenvalue weighted by Crippen LogP contribution is -2.03. The molecule has 1 aromatic rings. The van der Waals surface area contributed by atoms with E-state index in [-0.39, 0.29) is 0 Å². The van der Waals surface area contributed by atoms with Crippen LogP contribution in [0.4, 0.5) is 0 Å². The van der Waals surface area contributed by atoms with Gasteiger partial charge in [0, 0.05) is 5.56 Å². The molecule has 2 rings (SSSR count). The van der Waals surface area contributed by atoms with Crippen LogP contribution in [0.5, 0.6) is 11.5 Å². The Morgan fingerprint density at radius 2 is 2.00 bits per heavy atom. The molecule has 1 fully saturated rings. The van der Waals surface area contributed by atoms with Crippen molar-refractivity contribution in [3.63, 3.8) is 0 Å². The van der Waals surface area contributed by atoms with Crippen LogP contribution >= 0.6 is 11.6 Å². The molecule has 1 aliphatic rings. The first-order chi connectivity index (χ1) is 7.69. The topological polar surface area (TPSA) is 38.7 Å². The van der Waals surface area contributed by atoms with Crippen LogP contribution in [0, 0.1) is 5.92 Å². The van der Waals surface area contributed by atoms with Crippen molar-refractivity contribution in [3.8, 4) is 11.5 Å². The maximum absolute atomic E-state index is 10.1. The van der Waals surface area contributed by atoms with Gasteiger partial charge in [-0.2, -0.15) is 0 Å². The van der Waals surface area contributed by atoms with Gasteiger partial charge in [-0.3, -0.25) is 0 Å². The molecular weight excluding hydrogens is 228 g/mol. The van der Waals surface area contributed by atoms with Gasteiger partial charge in [-0.25, -0.2) is 0 Å². The second-order valence-corrected chi connectivity index (χ2v) is 4.36. The summed E-state index contributed by atoms with van der Waals surface area (Å²) in [4.78, 5) is 0. The number of hydrogen-bond acceptors (Lipinski definition) is 3. The van der Waals surface area contributed by atoms with Crippen molar-refractivity contribution in [2.24, 2.45) is 5.92 Å². The Bertz CT molecular complexity index is 388. The van der Waals surface area contributed by atoms with E-state index in [1.165, 1.54) is 0 Å². The fraction of sp³-hybridized carbons (Fsp3) is 0.500. The summed E-state index contributed by atoms with van der Waals surface area (Å²) in [6, 6.07) is 3.57. The van der Waals surface area contributed by atoms with Crippen LogP contribution in [0.1, 0.15) is 24.5 Å². The third kappa shape index (κ3) is 1.97. The predicted molar refractivity (Wildman–Crippen MR) is 62.2 cm³/mol. The predicted octanol–water partition coefficient (Wildman–Crippen LogP) is 2.80. The summed E-state index contributed by atoms with van der Waals surface area (Å²) in [5.41, 5.74) is 0.746. The van der Waals surface area contributed by atoms with E-state index in [0.29, 0.717) is 22.4 Å². The quantitative estimate of drug-likeness (QED) is 0.883. The third-order valence-corrected chi connectivity index (χ3v) is 3.26. The van der Waals surface area contributed by atoms with E-state index < -0.39 is 6.10 Å². The van der Waals surface area contributed by atoms with Crippen molar-refractivity contribution >= 4 is 11.6 Å². The van der Waals surface area contributed by atoms with Crippen LogP contribution in [0.25, 0.3) is 0 Å². The molecule has 0 radical (unpaired) electrons. The maximum Gasteiger partial charge on any atom is 0.147 e. The highest BCUT2D eigenvalue weighted by molar-refractivity contribution is 6.33. The van der Waals surface area contributed by atoms with Crippen LogP contribution in [-0.4, -0.2) is 19.3 Å². The Labute approximate surface area is 99.9 Å². The highest BCUT2D eigenvalue weighted by atomic mass is 35.5. The van der Waals surface area contributed by atoms with Crippen molar-refractivity contribution in [3.05, 3.63) is 22.7 Å². The van der Waals surface area contributed by atoms with Crippen molar-refractivity contribution in [1.82, 2.24) is 0 Å². The van der Waals surface area contributed by atoms with Gasteiger partial charge in [0.1, 0.15) is 16.5 Å². The lowest BCUT2D eigenvalue weighted by atomic mass is 10.0. The number of methoxy groups -OCH3 is 2. The van der Waals surface area contributed by atoms with Gasteiger partial charge in [-0.05, 0) is 30.9 Å². The Kier molecular flexibility index (Phi) is 3.26. The molecule has 0 spiro atoms. The Morgan fingerprint density at radius 1 is 1.31 bits per heavy atom. The molecule has 1 aliphatic carbocycles. The summed E-state index contributed by atoms with van der Waals surface area (Å²) >= 11 is 6.12. The highest BCUT2D eigenvalue weighted by Crippen LogP contribution is 2.47. The van der Waals surface area contributed by atoms with Crippen molar-refractivity contribution < 1.29 is 14.6 Å². The third-order valence-electron chi connectivity index (χ3n) is 2.90. The minimum atomic E-state index is -0.488. The molecule has 0 heterocycles. The number of hydrogen-bond donors (Lipinski definition) is 1. The van der Waals surface area contributed by atoms with Gasteiger partial charge >= 0.3 is 0 Å². The summed E-state index contributed by atoms with van der Waals surface area (Å²) in [5, 5.41) is 10.5. The van der Waals surface area contributed by atoms with Gasteiger partial charge < -0.3 is 14.6 Å². The first-order valence-corrected chi connectivity index (χ1v) is 5.65. The zero-order valence-corrected chi connectivity index (χ0v) is 10.1. The van der Waals surface area contributed by atoms with E-state index in [9.17, 15) is 5.11 Å². The first kappa shape index (κ1) is 11.6. The zero-order valence-electron chi connectivity index (χ0n) is 9.37. The molecule has 0 bridgehead atoms. The molecule has 1 unspecified atom stereocenters. The number of benzene rings is 1. The lowest BCUT2D eigenvalue weighted by Gasteiger charge is -2.16. The highest BCUT2D eigenvalue weighted by Gasteiger charge is 2.33. The second kappa shape index (κ2) is 4.52. The van der Waals surface area contributed by atoms with E-state index in [0.717, 1.165) is 18.4 Å². The minimum absolute atomic E-state index is 0.346. The smallest absolute Gasteiger partial charge is 0.147 e.